The molecule has 1 aliphatic heterocycles. The van der Waals surface area contributed by atoms with Gasteiger partial charge in [-0.3, -0.25) is 4.79 Å². The van der Waals surface area contributed by atoms with Crippen LogP contribution in [0.25, 0.3) is 0 Å². The van der Waals surface area contributed by atoms with E-state index in [0.29, 0.717) is 25.2 Å². The van der Waals surface area contributed by atoms with Crippen LogP contribution in [0.5, 0.6) is 0 Å². The molecule has 0 aromatic carbocycles. The van der Waals surface area contributed by atoms with Crippen LogP contribution in [0.3, 0.4) is 0 Å². The minimum absolute atomic E-state index is 0.248. The number of nitrogens with one attached hydrogen (secondary N) is 1. The number of ether oxygens (including phenoxy) is 1. The van der Waals surface area contributed by atoms with Crippen molar-refractivity contribution in [2.45, 2.75) is 64.0 Å². The van der Waals surface area contributed by atoms with Gasteiger partial charge in [0.1, 0.15) is 0 Å². The lowest BCUT2D eigenvalue weighted by molar-refractivity contribution is -0.134. The number of carbonyl (C=O) groups is 1. The monoisotopic (exact) mass is 282 g/mol. The van der Waals surface area contributed by atoms with E-state index in [1.807, 2.05) is 11.9 Å². The lowest BCUT2D eigenvalue weighted by Gasteiger charge is -2.34. The summed E-state index contributed by atoms with van der Waals surface area (Å²) in [6.07, 6.45) is 7.94. The second-order valence-corrected chi connectivity index (χ2v) is 6.50. The Morgan fingerprint density at radius 1 is 1.25 bits per heavy atom. The van der Waals surface area contributed by atoms with E-state index in [0.717, 1.165) is 38.3 Å². The molecule has 20 heavy (non-hydrogen) atoms. The Hall–Kier alpha value is -0.610. The highest BCUT2D eigenvalue weighted by Crippen LogP contribution is 2.26. The second kappa shape index (κ2) is 7.99. The number of carbonyl (C=O) groups excluding carboxylic acids is 1. The van der Waals surface area contributed by atoms with Crippen molar-refractivity contribution >= 4 is 5.91 Å². The van der Waals surface area contributed by atoms with Crippen molar-refractivity contribution in [1.82, 2.24) is 10.2 Å². The van der Waals surface area contributed by atoms with Gasteiger partial charge in [-0.2, -0.15) is 0 Å². The molecule has 0 aromatic heterocycles. The fourth-order valence-electron chi connectivity index (χ4n) is 3.41. The second-order valence-electron chi connectivity index (χ2n) is 6.50. The summed E-state index contributed by atoms with van der Waals surface area (Å²) in [5.41, 5.74) is 0. The van der Waals surface area contributed by atoms with Crippen LogP contribution in [0.15, 0.2) is 0 Å². The summed E-state index contributed by atoms with van der Waals surface area (Å²) in [6.45, 7) is 4.96. The highest BCUT2D eigenvalue weighted by molar-refractivity contribution is 5.76. The van der Waals surface area contributed by atoms with Gasteiger partial charge in [0.25, 0.3) is 0 Å². The van der Waals surface area contributed by atoms with E-state index in [-0.39, 0.29) is 5.91 Å². The zero-order chi connectivity index (χ0) is 14.4. The van der Waals surface area contributed by atoms with Crippen molar-refractivity contribution in [3.8, 4) is 0 Å². The normalized spacial score (nSPS) is 28.3. The van der Waals surface area contributed by atoms with E-state index >= 15 is 0 Å². The van der Waals surface area contributed by atoms with Crippen LogP contribution >= 0.6 is 0 Å². The topological polar surface area (TPSA) is 41.6 Å². The lowest BCUT2D eigenvalue weighted by atomic mass is 9.86. The summed E-state index contributed by atoms with van der Waals surface area (Å²) in [7, 11) is 1.97. The summed E-state index contributed by atoms with van der Waals surface area (Å²) in [5.74, 6) is 1.01. The first-order valence-electron chi connectivity index (χ1n) is 8.25. The lowest BCUT2D eigenvalue weighted by Crippen LogP contribution is -2.40. The molecule has 1 saturated heterocycles. The van der Waals surface area contributed by atoms with Gasteiger partial charge in [0.05, 0.1) is 19.1 Å². The van der Waals surface area contributed by atoms with E-state index < -0.39 is 0 Å². The first-order chi connectivity index (χ1) is 9.66. The Bertz CT molecular complexity index is 303. The van der Waals surface area contributed by atoms with Gasteiger partial charge in [-0.15, -0.1) is 0 Å². The fraction of sp³-hybridized carbons (Fsp3) is 0.938. The highest BCUT2D eigenvalue weighted by atomic mass is 16.5. The zero-order valence-corrected chi connectivity index (χ0v) is 13.1. The predicted molar refractivity (Wildman–Crippen MR) is 80.7 cm³/mol. The summed E-state index contributed by atoms with van der Waals surface area (Å²) in [6, 6.07) is 0.449. The van der Waals surface area contributed by atoms with Crippen molar-refractivity contribution in [2.75, 3.05) is 26.7 Å². The van der Waals surface area contributed by atoms with Gasteiger partial charge in [0.2, 0.25) is 5.91 Å². The molecule has 2 fully saturated rings. The van der Waals surface area contributed by atoms with Crippen molar-refractivity contribution in [3.63, 3.8) is 0 Å². The Labute approximate surface area is 123 Å². The molecule has 2 rings (SSSR count). The fourth-order valence-corrected chi connectivity index (χ4v) is 3.41. The van der Waals surface area contributed by atoms with Gasteiger partial charge in [-0.25, -0.2) is 0 Å². The minimum Gasteiger partial charge on any atom is -0.378 e. The average Bonchev–Trinajstić information content (AvgIpc) is 2.47. The summed E-state index contributed by atoms with van der Waals surface area (Å²) < 4.78 is 5.82. The number of rotatable bonds is 5. The molecular weight excluding hydrogens is 252 g/mol. The van der Waals surface area contributed by atoms with E-state index in [4.69, 9.17) is 4.74 Å². The molecule has 0 bridgehead atoms. The average molecular weight is 282 g/mol. The van der Waals surface area contributed by atoms with Gasteiger partial charge in [-0.05, 0) is 44.7 Å². The van der Waals surface area contributed by atoms with E-state index in [9.17, 15) is 4.79 Å². The zero-order valence-electron chi connectivity index (χ0n) is 13.1. The van der Waals surface area contributed by atoms with E-state index in [2.05, 4.69) is 12.2 Å². The maximum atomic E-state index is 12.2. The third-order valence-corrected chi connectivity index (χ3v) is 4.81. The molecule has 1 saturated carbocycles. The molecule has 2 unspecified atom stereocenters. The molecule has 1 aliphatic carbocycles. The van der Waals surface area contributed by atoms with Gasteiger partial charge >= 0.3 is 0 Å². The first-order valence-corrected chi connectivity index (χ1v) is 8.25. The number of amides is 1. The molecule has 1 N–H and O–H groups in total. The van der Waals surface area contributed by atoms with Gasteiger partial charge < -0.3 is 15.0 Å². The third kappa shape index (κ3) is 4.74. The molecule has 1 heterocycles. The van der Waals surface area contributed by atoms with Crippen LogP contribution in [-0.2, 0) is 9.53 Å². The van der Waals surface area contributed by atoms with Crippen LogP contribution in [0, 0.1) is 5.92 Å². The van der Waals surface area contributed by atoms with Crippen LogP contribution in [-0.4, -0.2) is 49.7 Å². The maximum absolute atomic E-state index is 12.2. The molecule has 0 radical (unpaired) electrons. The largest absolute Gasteiger partial charge is 0.378 e. The van der Waals surface area contributed by atoms with Crippen LogP contribution in [0.2, 0.25) is 0 Å². The van der Waals surface area contributed by atoms with Crippen molar-refractivity contribution in [2.24, 2.45) is 5.92 Å². The molecule has 4 heteroatoms. The van der Waals surface area contributed by atoms with Crippen LogP contribution in [0.1, 0.15) is 51.9 Å². The summed E-state index contributed by atoms with van der Waals surface area (Å²) in [4.78, 5) is 14.2. The first kappa shape index (κ1) is 15.8. The number of hydrogen-bond acceptors (Lipinski definition) is 3. The smallest absolute Gasteiger partial charge is 0.224 e. The van der Waals surface area contributed by atoms with Crippen LogP contribution in [0.4, 0.5) is 0 Å². The number of piperidine rings is 1. The van der Waals surface area contributed by atoms with Gasteiger partial charge in [0, 0.05) is 13.1 Å². The van der Waals surface area contributed by atoms with Gasteiger partial charge in [-0.1, -0.05) is 19.8 Å². The molecule has 0 aromatic rings. The van der Waals surface area contributed by atoms with Gasteiger partial charge in [0.15, 0.2) is 0 Å². The number of hydrogen-bond donors (Lipinski definition) is 1. The standard InChI is InChI=1S/C16H30N2O2/c1-13-4-3-5-14(12-13)18(2)16(19)8-11-20-15-6-9-17-10-7-15/h13-15,17H,3-12H2,1-2H3. The Kier molecular flexibility index (Phi) is 6.30. The molecular formula is C16H30N2O2. The molecule has 2 atom stereocenters. The number of nitrogens with zero attached hydrogens (tertiary/aromatic N) is 1. The van der Waals surface area contributed by atoms with Crippen molar-refractivity contribution in [1.29, 1.82) is 0 Å². The Morgan fingerprint density at radius 3 is 2.70 bits per heavy atom. The minimum atomic E-state index is 0.248. The van der Waals surface area contributed by atoms with E-state index in [1.165, 1.54) is 19.3 Å². The molecule has 116 valence electrons. The van der Waals surface area contributed by atoms with E-state index in [1.54, 1.807) is 0 Å². The predicted octanol–water partition coefficient (Wildman–Crippen LogP) is 2.18. The molecule has 0 spiro atoms. The third-order valence-electron chi connectivity index (χ3n) is 4.81. The van der Waals surface area contributed by atoms with Crippen LogP contribution < -0.4 is 5.32 Å². The Balaban J connectivity index is 1.65. The molecule has 4 nitrogen and oxygen atoms in total. The SMILES string of the molecule is CC1CCCC(N(C)C(=O)CCOC2CCNCC2)C1. The summed E-state index contributed by atoms with van der Waals surface area (Å²) in [5, 5.41) is 3.32. The molecule has 2 aliphatic rings. The highest BCUT2D eigenvalue weighted by Gasteiger charge is 2.25. The maximum Gasteiger partial charge on any atom is 0.224 e. The van der Waals surface area contributed by atoms with Crippen molar-refractivity contribution < 1.29 is 9.53 Å². The summed E-state index contributed by atoms with van der Waals surface area (Å²) >= 11 is 0. The molecule has 1 amide bonds. The quantitative estimate of drug-likeness (QED) is 0.840. The van der Waals surface area contributed by atoms with Crippen molar-refractivity contribution in [3.05, 3.63) is 0 Å². The Morgan fingerprint density at radius 2 is 2.00 bits per heavy atom.